The zero-order valence-corrected chi connectivity index (χ0v) is 11.4. The Bertz CT molecular complexity index is 603. The van der Waals surface area contributed by atoms with Gasteiger partial charge in [-0.1, -0.05) is 12.1 Å². The molecule has 1 atom stereocenters. The fourth-order valence-corrected chi connectivity index (χ4v) is 2.82. The Balaban J connectivity index is 2.14. The minimum absolute atomic E-state index is 0.265. The Morgan fingerprint density at radius 1 is 1.37 bits per heavy atom. The van der Waals surface area contributed by atoms with Gasteiger partial charge in [-0.05, 0) is 43.9 Å². The fraction of sp³-hybridized carbons (Fsp3) is 0.400. The Morgan fingerprint density at radius 3 is 2.95 bits per heavy atom. The highest BCUT2D eigenvalue weighted by atomic mass is 16.5. The van der Waals surface area contributed by atoms with Gasteiger partial charge in [-0.15, -0.1) is 0 Å². The summed E-state index contributed by atoms with van der Waals surface area (Å²) in [6.45, 7) is 2.06. The molecule has 1 aromatic carbocycles. The molecule has 0 saturated carbocycles. The number of hydrogen-bond acceptors (Lipinski definition) is 3. The van der Waals surface area contributed by atoms with Gasteiger partial charge in [0.05, 0.1) is 12.8 Å². The molecule has 4 heteroatoms. The van der Waals surface area contributed by atoms with Crippen molar-refractivity contribution in [3.8, 4) is 11.4 Å². The topological polar surface area (TPSA) is 53.1 Å². The summed E-state index contributed by atoms with van der Waals surface area (Å²) >= 11 is 0. The number of aryl methyl sites for hydroxylation is 1. The summed E-state index contributed by atoms with van der Waals surface area (Å²) < 4.78 is 7.46. The van der Waals surface area contributed by atoms with Crippen LogP contribution in [0.15, 0.2) is 24.3 Å². The number of fused-ring (bicyclic) bond motifs is 1. The molecule has 1 aliphatic carbocycles. The van der Waals surface area contributed by atoms with Crippen LogP contribution in [0.5, 0.6) is 5.75 Å². The van der Waals surface area contributed by atoms with Gasteiger partial charge >= 0.3 is 0 Å². The number of aromatic nitrogens is 2. The van der Waals surface area contributed by atoms with Crippen LogP contribution in [0.1, 0.15) is 23.4 Å². The monoisotopic (exact) mass is 257 g/mol. The van der Waals surface area contributed by atoms with Gasteiger partial charge < -0.3 is 10.5 Å². The minimum atomic E-state index is 0.265. The highest BCUT2D eigenvalue weighted by molar-refractivity contribution is 5.48. The molecule has 1 aromatic heterocycles. The average Bonchev–Trinajstić information content (AvgIpc) is 2.75. The first-order chi connectivity index (χ1) is 9.20. The molecule has 0 saturated heterocycles. The number of rotatable bonds is 2. The molecule has 1 aliphatic rings. The van der Waals surface area contributed by atoms with Crippen LogP contribution in [-0.2, 0) is 12.8 Å². The molecule has 0 spiro atoms. The number of ether oxygens (including phenoxy) is 1. The molecule has 1 heterocycles. The van der Waals surface area contributed by atoms with Gasteiger partial charge in [-0.2, -0.15) is 5.10 Å². The molecular weight excluding hydrogens is 238 g/mol. The lowest BCUT2D eigenvalue weighted by Gasteiger charge is -2.20. The van der Waals surface area contributed by atoms with Crippen LogP contribution in [0.4, 0.5) is 0 Å². The van der Waals surface area contributed by atoms with E-state index in [2.05, 4.69) is 12.0 Å². The molecular formula is C15H19N3O. The van der Waals surface area contributed by atoms with Crippen molar-refractivity contribution in [3.63, 3.8) is 0 Å². The summed E-state index contributed by atoms with van der Waals surface area (Å²) in [4.78, 5) is 0. The summed E-state index contributed by atoms with van der Waals surface area (Å²) in [7, 11) is 1.69. The molecule has 0 aliphatic heterocycles. The molecule has 4 nitrogen and oxygen atoms in total. The molecule has 2 N–H and O–H groups in total. The van der Waals surface area contributed by atoms with Gasteiger partial charge in [0.1, 0.15) is 11.4 Å². The second-order valence-corrected chi connectivity index (χ2v) is 5.10. The number of nitrogens with zero attached hydrogens (tertiary/aromatic N) is 2. The third-order valence-electron chi connectivity index (χ3n) is 3.82. The largest absolute Gasteiger partial charge is 0.494 e. The van der Waals surface area contributed by atoms with E-state index in [0.717, 1.165) is 36.4 Å². The van der Waals surface area contributed by atoms with E-state index < -0.39 is 0 Å². The predicted octanol–water partition coefficient (Wildman–Crippen LogP) is 2.01. The van der Waals surface area contributed by atoms with Gasteiger partial charge in [-0.3, -0.25) is 0 Å². The maximum Gasteiger partial charge on any atom is 0.144 e. The van der Waals surface area contributed by atoms with Crippen LogP contribution in [0.25, 0.3) is 5.69 Å². The van der Waals surface area contributed by atoms with Gasteiger partial charge in [-0.25, -0.2) is 4.68 Å². The van der Waals surface area contributed by atoms with Crippen LogP contribution >= 0.6 is 0 Å². The van der Waals surface area contributed by atoms with Crippen molar-refractivity contribution in [1.29, 1.82) is 0 Å². The van der Waals surface area contributed by atoms with Crippen molar-refractivity contribution >= 4 is 0 Å². The van der Waals surface area contributed by atoms with Crippen molar-refractivity contribution in [1.82, 2.24) is 9.78 Å². The smallest absolute Gasteiger partial charge is 0.144 e. The Morgan fingerprint density at radius 2 is 2.16 bits per heavy atom. The summed E-state index contributed by atoms with van der Waals surface area (Å²) in [6, 6.07) is 8.26. The maximum atomic E-state index is 6.06. The first-order valence-corrected chi connectivity index (χ1v) is 6.67. The average molecular weight is 257 g/mol. The van der Waals surface area contributed by atoms with Gasteiger partial charge in [0.25, 0.3) is 0 Å². The van der Waals surface area contributed by atoms with Crippen molar-refractivity contribution in [2.45, 2.75) is 32.2 Å². The Labute approximate surface area is 113 Å². The van der Waals surface area contributed by atoms with E-state index in [1.807, 2.05) is 28.9 Å². The zero-order chi connectivity index (χ0) is 13.4. The molecule has 100 valence electrons. The Kier molecular flexibility index (Phi) is 3.03. The summed E-state index contributed by atoms with van der Waals surface area (Å²) in [5, 5.41) is 4.69. The fourth-order valence-electron chi connectivity index (χ4n) is 2.82. The zero-order valence-electron chi connectivity index (χ0n) is 11.4. The van der Waals surface area contributed by atoms with E-state index in [1.165, 1.54) is 11.3 Å². The summed E-state index contributed by atoms with van der Waals surface area (Å²) in [5.74, 6) is 0.850. The second kappa shape index (κ2) is 4.70. The number of methoxy groups -OCH3 is 1. The van der Waals surface area contributed by atoms with Crippen LogP contribution in [0.2, 0.25) is 0 Å². The second-order valence-electron chi connectivity index (χ2n) is 5.10. The van der Waals surface area contributed by atoms with Crippen LogP contribution in [-0.4, -0.2) is 22.9 Å². The lowest BCUT2D eigenvalue weighted by molar-refractivity contribution is 0.411. The molecule has 0 fully saturated rings. The number of hydrogen-bond donors (Lipinski definition) is 1. The van der Waals surface area contributed by atoms with Gasteiger partial charge in [0.15, 0.2) is 0 Å². The lowest BCUT2D eigenvalue weighted by atomic mass is 9.92. The molecule has 0 radical (unpaired) electrons. The highest BCUT2D eigenvalue weighted by Crippen LogP contribution is 2.29. The van der Waals surface area contributed by atoms with Crippen molar-refractivity contribution < 1.29 is 4.74 Å². The molecule has 0 bridgehead atoms. The minimum Gasteiger partial charge on any atom is -0.494 e. The van der Waals surface area contributed by atoms with E-state index in [9.17, 15) is 0 Å². The lowest BCUT2D eigenvalue weighted by Crippen LogP contribution is -2.28. The number of benzene rings is 1. The normalized spacial score (nSPS) is 18.2. The molecule has 2 aromatic rings. The van der Waals surface area contributed by atoms with Crippen molar-refractivity contribution in [2.24, 2.45) is 5.73 Å². The number of nitrogens with two attached hydrogens (primary N) is 1. The molecule has 1 unspecified atom stereocenters. The highest BCUT2D eigenvalue weighted by Gasteiger charge is 2.24. The third kappa shape index (κ3) is 2.02. The first-order valence-electron chi connectivity index (χ1n) is 6.67. The Hall–Kier alpha value is -1.81. The van der Waals surface area contributed by atoms with Crippen molar-refractivity contribution in [2.75, 3.05) is 7.11 Å². The quantitative estimate of drug-likeness (QED) is 0.895. The van der Waals surface area contributed by atoms with E-state index in [4.69, 9.17) is 10.5 Å². The number of para-hydroxylation sites is 2. The van der Waals surface area contributed by atoms with Gasteiger partial charge in [0.2, 0.25) is 0 Å². The van der Waals surface area contributed by atoms with E-state index in [-0.39, 0.29) is 6.04 Å². The maximum absolute atomic E-state index is 6.06. The summed E-state index contributed by atoms with van der Waals surface area (Å²) in [5.41, 5.74) is 10.7. The predicted molar refractivity (Wildman–Crippen MR) is 74.9 cm³/mol. The van der Waals surface area contributed by atoms with E-state index >= 15 is 0 Å². The SMILES string of the molecule is COc1ccccc1-n1nc(C)c2c1CCC(N)C2. The van der Waals surface area contributed by atoms with E-state index in [0.29, 0.717) is 0 Å². The standard InChI is InChI=1S/C15H19N3O/c1-10-12-9-11(16)7-8-13(12)18(17-10)14-5-3-4-6-15(14)19-2/h3-6,11H,7-9,16H2,1-2H3. The molecule has 3 rings (SSSR count). The van der Waals surface area contributed by atoms with Crippen LogP contribution in [0.3, 0.4) is 0 Å². The molecule has 0 amide bonds. The third-order valence-corrected chi connectivity index (χ3v) is 3.82. The van der Waals surface area contributed by atoms with Crippen molar-refractivity contribution in [3.05, 3.63) is 41.2 Å². The first kappa shape index (κ1) is 12.2. The van der Waals surface area contributed by atoms with Crippen LogP contribution < -0.4 is 10.5 Å². The summed E-state index contributed by atoms with van der Waals surface area (Å²) in [6.07, 6.45) is 2.93. The van der Waals surface area contributed by atoms with Crippen LogP contribution in [0, 0.1) is 6.92 Å². The molecule has 19 heavy (non-hydrogen) atoms. The van der Waals surface area contributed by atoms with Gasteiger partial charge in [0, 0.05) is 11.7 Å². The van der Waals surface area contributed by atoms with E-state index in [1.54, 1.807) is 7.11 Å².